The highest BCUT2D eigenvalue weighted by atomic mass is 16.2. The lowest BCUT2D eigenvalue weighted by Crippen LogP contribution is -2.38. The molecular formula is C19H22N6O. The van der Waals surface area contributed by atoms with E-state index in [0.29, 0.717) is 11.7 Å². The van der Waals surface area contributed by atoms with Crippen molar-refractivity contribution in [1.82, 2.24) is 29.6 Å². The van der Waals surface area contributed by atoms with E-state index in [-0.39, 0.29) is 11.9 Å². The zero-order chi connectivity index (χ0) is 17.9. The summed E-state index contributed by atoms with van der Waals surface area (Å²) in [6.07, 6.45) is 14.8. The van der Waals surface area contributed by atoms with E-state index in [9.17, 15) is 4.79 Å². The molecular weight excluding hydrogens is 328 g/mol. The van der Waals surface area contributed by atoms with Gasteiger partial charge in [-0.15, -0.1) is 0 Å². The van der Waals surface area contributed by atoms with Crippen molar-refractivity contribution in [2.45, 2.75) is 37.8 Å². The zero-order valence-electron chi connectivity index (χ0n) is 14.7. The number of hydrogen-bond donors (Lipinski definition) is 1. The van der Waals surface area contributed by atoms with Crippen LogP contribution in [0.15, 0.2) is 49.3 Å². The molecule has 1 saturated carbocycles. The van der Waals surface area contributed by atoms with Crippen molar-refractivity contribution >= 4 is 5.91 Å². The van der Waals surface area contributed by atoms with Crippen molar-refractivity contribution in [2.75, 3.05) is 0 Å². The molecule has 0 radical (unpaired) electrons. The predicted molar refractivity (Wildman–Crippen MR) is 97.4 cm³/mol. The Morgan fingerprint density at radius 2 is 2.04 bits per heavy atom. The van der Waals surface area contributed by atoms with Crippen LogP contribution < -0.4 is 5.32 Å². The topological polar surface area (TPSA) is 77.6 Å². The first-order valence-electron chi connectivity index (χ1n) is 8.93. The number of carbonyl (C=O) groups excluding carboxylic acids is 1. The third kappa shape index (κ3) is 3.37. The Bertz CT molecular complexity index is 876. The minimum absolute atomic E-state index is 0.00461. The van der Waals surface area contributed by atoms with Crippen molar-refractivity contribution in [3.05, 3.63) is 55.0 Å². The predicted octanol–water partition coefficient (Wildman–Crippen LogP) is 2.59. The molecule has 3 aromatic heterocycles. The van der Waals surface area contributed by atoms with Crippen molar-refractivity contribution in [1.29, 1.82) is 0 Å². The van der Waals surface area contributed by atoms with E-state index in [2.05, 4.69) is 20.4 Å². The van der Waals surface area contributed by atoms with Gasteiger partial charge in [-0.25, -0.2) is 0 Å². The summed E-state index contributed by atoms with van der Waals surface area (Å²) in [7, 11) is 1.89. The lowest BCUT2D eigenvalue weighted by Gasteiger charge is -2.29. The summed E-state index contributed by atoms with van der Waals surface area (Å²) in [6.45, 7) is 0. The molecule has 7 nitrogen and oxygen atoms in total. The number of amides is 1. The molecule has 134 valence electrons. The number of nitrogens with zero attached hydrogens (tertiary/aromatic N) is 5. The Morgan fingerprint density at radius 1 is 1.19 bits per heavy atom. The van der Waals surface area contributed by atoms with Crippen molar-refractivity contribution < 1.29 is 4.79 Å². The maximum absolute atomic E-state index is 12.3. The van der Waals surface area contributed by atoms with Gasteiger partial charge in [0, 0.05) is 43.4 Å². The highest BCUT2D eigenvalue weighted by molar-refractivity contribution is 5.92. The summed E-state index contributed by atoms with van der Waals surface area (Å²) >= 11 is 0. The summed E-state index contributed by atoms with van der Waals surface area (Å²) in [5.74, 6) is 0.00461. The van der Waals surface area contributed by atoms with Gasteiger partial charge in [0.15, 0.2) is 0 Å². The summed E-state index contributed by atoms with van der Waals surface area (Å²) in [4.78, 5) is 20.8. The first kappa shape index (κ1) is 16.5. The van der Waals surface area contributed by atoms with Crippen LogP contribution in [-0.4, -0.2) is 36.3 Å². The molecule has 26 heavy (non-hydrogen) atoms. The van der Waals surface area contributed by atoms with Gasteiger partial charge in [0.25, 0.3) is 5.91 Å². The van der Waals surface area contributed by atoms with Crippen LogP contribution in [0.1, 0.15) is 42.2 Å². The quantitative estimate of drug-likeness (QED) is 0.784. The van der Waals surface area contributed by atoms with Crippen LogP contribution in [0.2, 0.25) is 0 Å². The second kappa shape index (κ2) is 7.11. The fourth-order valence-electron chi connectivity index (χ4n) is 3.56. The van der Waals surface area contributed by atoms with Gasteiger partial charge in [-0.05, 0) is 37.8 Å². The molecule has 3 aromatic rings. The van der Waals surface area contributed by atoms with Crippen LogP contribution in [0.25, 0.3) is 11.3 Å². The Kier molecular flexibility index (Phi) is 4.51. The second-order valence-electron chi connectivity index (χ2n) is 6.78. The van der Waals surface area contributed by atoms with Gasteiger partial charge < -0.3 is 9.88 Å². The lowest BCUT2D eigenvalue weighted by molar-refractivity contribution is 0.0913. The van der Waals surface area contributed by atoms with Crippen molar-refractivity contribution in [3.8, 4) is 11.3 Å². The fourth-order valence-corrected chi connectivity index (χ4v) is 3.56. The number of rotatable bonds is 4. The largest absolute Gasteiger partial charge is 0.348 e. The van der Waals surface area contributed by atoms with E-state index in [1.165, 1.54) is 0 Å². The van der Waals surface area contributed by atoms with Crippen LogP contribution in [0.4, 0.5) is 0 Å². The normalized spacial score (nSPS) is 20.0. The Labute approximate surface area is 152 Å². The summed E-state index contributed by atoms with van der Waals surface area (Å²) in [5, 5.41) is 7.67. The van der Waals surface area contributed by atoms with E-state index in [4.69, 9.17) is 0 Å². The minimum Gasteiger partial charge on any atom is -0.348 e. The highest BCUT2D eigenvalue weighted by Gasteiger charge is 2.25. The monoisotopic (exact) mass is 350 g/mol. The molecule has 1 aliphatic rings. The highest BCUT2D eigenvalue weighted by Crippen LogP contribution is 2.29. The van der Waals surface area contributed by atoms with Crippen molar-refractivity contribution in [3.63, 3.8) is 0 Å². The van der Waals surface area contributed by atoms with Gasteiger partial charge in [-0.2, -0.15) is 5.10 Å². The van der Waals surface area contributed by atoms with E-state index < -0.39 is 0 Å². The van der Waals surface area contributed by atoms with Crippen LogP contribution in [-0.2, 0) is 7.05 Å². The maximum Gasteiger partial charge on any atom is 0.268 e. The van der Waals surface area contributed by atoms with Crippen LogP contribution in [0.5, 0.6) is 0 Å². The molecule has 0 spiro atoms. The first-order chi connectivity index (χ1) is 12.7. The molecule has 7 heteroatoms. The maximum atomic E-state index is 12.3. The number of hydrogen-bond acceptors (Lipinski definition) is 4. The van der Waals surface area contributed by atoms with Crippen LogP contribution in [0.3, 0.4) is 0 Å². The van der Waals surface area contributed by atoms with Gasteiger partial charge in [0.2, 0.25) is 0 Å². The number of aryl methyl sites for hydroxylation is 1. The molecule has 1 N–H and O–H groups in total. The van der Waals surface area contributed by atoms with E-state index in [0.717, 1.165) is 36.9 Å². The number of carbonyl (C=O) groups is 1. The molecule has 1 fully saturated rings. The van der Waals surface area contributed by atoms with Gasteiger partial charge in [0.05, 0.1) is 24.1 Å². The molecule has 1 aliphatic carbocycles. The fraction of sp³-hybridized carbons (Fsp3) is 0.368. The average Bonchev–Trinajstić information content (AvgIpc) is 3.32. The Morgan fingerprint density at radius 3 is 2.73 bits per heavy atom. The molecule has 1 amide bonds. The number of aromatic nitrogens is 5. The van der Waals surface area contributed by atoms with Crippen LogP contribution >= 0.6 is 0 Å². The standard InChI is InChI=1S/C19H22N6O/c1-24-10-2-3-18(24)19(26)23-15-4-6-16(7-5-15)25-13-14(11-22-25)17-12-20-8-9-21-17/h2-3,8-13,15-16H,4-7H2,1H3,(H,23,26). The third-order valence-electron chi connectivity index (χ3n) is 5.04. The van der Waals surface area contributed by atoms with Gasteiger partial charge >= 0.3 is 0 Å². The summed E-state index contributed by atoms with van der Waals surface area (Å²) < 4.78 is 3.87. The lowest BCUT2D eigenvalue weighted by atomic mass is 9.91. The SMILES string of the molecule is Cn1cccc1C(=O)NC1CCC(n2cc(-c3cnccn3)cn2)CC1. The van der Waals surface area contributed by atoms with E-state index in [1.807, 2.05) is 47.0 Å². The molecule has 3 heterocycles. The third-order valence-corrected chi connectivity index (χ3v) is 5.04. The molecule has 4 rings (SSSR count). The molecule has 0 aromatic carbocycles. The second-order valence-corrected chi connectivity index (χ2v) is 6.78. The Balaban J connectivity index is 1.35. The summed E-state index contributed by atoms with van der Waals surface area (Å²) in [6, 6.07) is 4.32. The first-order valence-corrected chi connectivity index (χ1v) is 8.93. The molecule has 0 aliphatic heterocycles. The van der Waals surface area contributed by atoms with Gasteiger partial charge in [-0.3, -0.25) is 19.4 Å². The van der Waals surface area contributed by atoms with Gasteiger partial charge in [-0.1, -0.05) is 0 Å². The van der Waals surface area contributed by atoms with Gasteiger partial charge in [0.1, 0.15) is 5.69 Å². The molecule has 0 saturated heterocycles. The smallest absolute Gasteiger partial charge is 0.268 e. The van der Waals surface area contributed by atoms with Crippen LogP contribution in [0, 0.1) is 0 Å². The Hall–Kier alpha value is -2.96. The minimum atomic E-state index is 0.00461. The van der Waals surface area contributed by atoms with E-state index >= 15 is 0 Å². The molecule has 0 unspecified atom stereocenters. The summed E-state index contributed by atoms with van der Waals surface area (Å²) in [5.41, 5.74) is 2.52. The molecule has 0 atom stereocenters. The van der Waals surface area contributed by atoms with E-state index in [1.54, 1.807) is 18.6 Å². The number of nitrogens with one attached hydrogen (secondary N) is 1. The zero-order valence-corrected chi connectivity index (χ0v) is 14.7. The van der Waals surface area contributed by atoms with Crippen molar-refractivity contribution in [2.24, 2.45) is 7.05 Å². The average molecular weight is 350 g/mol. The molecule has 0 bridgehead atoms.